The molecule has 0 nitrogen and oxygen atoms in total. The molecule has 0 spiro atoms. The summed E-state index contributed by atoms with van der Waals surface area (Å²) >= 11 is 1.19. The number of hydrogen-bond acceptors (Lipinski definition) is 0. The van der Waals surface area contributed by atoms with E-state index >= 15 is 0 Å². The summed E-state index contributed by atoms with van der Waals surface area (Å²) < 4.78 is 1.69. The summed E-state index contributed by atoms with van der Waals surface area (Å²) in [5.74, 6) is 0. The molecule has 0 fully saturated rings. The minimum atomic E-state index is 1.12. The minimum absolute atomic E-state index is 1.12. The Morgan fingerprint density at radius 1 is 0.704 bits per heavy atom. The fourth-order valence-corrected chi connectivity index (χ4v) is 6.27. The average molecular weight is 369 g/mol. The van der Waals surface area contributed by atoms with Crippen LogP contribution < -0.4 is 0 Å². The zero-order valence-corrected chi connectivity index (χ0v) is 19.3. The van der Waals surface area contributed by atoms with Gasteiger partial charge in [-0.2, -0.15) is 0 Å². The Morgan fingerprint density at radius 3 is 1.89 bits per heavy atom. The first-order valence-electron chi connectivity index (χ1n) is 10.8. The Bertz CT molecular complexity index is 1030. The second kappa shape index (κ2) is 6.51. The van der Waals surface area contributed by atoms with Crippen LogP contribution in [-0.4, -0.2) is 16.3 Å². The lowest BCUT2D eigenvalue weighted by Crippen LogP contribution is -1.94. The first-order chi connectivity index (χ1) is 13.1. The fraction of sp³-hybridized carbons (Fsp3) is 0.385. The average Bonchev–Trinajstić information content (AvgIpc) is 3.27. The van der Waals surface area contributed by atoms with E-state index in [9.17, 15) is 0 Å². The van der Waals surface area contributed by atoms with Crippen molar-refractivity contribution in [2.75, 3.05) is 0 Å². The van der Waals surface area contributed by atoms with Crippen LogP contribution in [0, 0.1) is 0 Å². The Kier molecular flexibility index (Phi) is 4.23. The van der Waals surface area contributed by atoms with Gasteiger partial charge in [0.2, 0.25) is 0 Å². The third-order valence-electron chi connectivity index (χ3n) is 7.25. The number of allylic oxidation sites excluding steroid dienone is 4. The van der Waals surface area contributed by atoms with Crippen LogP contribution in [0.3, 0.4) is 0 Å². The van der Waals surface area contributed by atoms with Gasteiger partial charge < -0.3 is 0 Å². The third kappa shape index (κ3) is 2.56. The van der Waals surface area contributed by atoms with Crippen LogP contribution in [0.15, 0.2) is 34.3 Å². The van der Waals surface area contributed by atoms with Crippen molar-refractivity contribution < 1.29 is 0 Å². The molecule has 27 heavy (non-hydrogen) atoms. The molecule has 0 radical (unpaired) electrons. The minimum Gasteiger partial charge on any atom is -0.133 e. The molecule has 0 N–H and O–H groups in total. The van der Waals surface area contributed by atoms with Crippen LogP contribution in [0.25, 0.3) is 22.3 Å². The van der Waals surface area contributed by atoms with Crippen LogP contribution in [0.5, 0.6) is 0 Å². The Morgan fingerprint density at radius 2 is 1.26 bits per heavy atom. The lowest BCUT2D eigenvalue weighted by atomic mass is 9.88. The van der Waals surface area contributed by atoms with Crippen molar-refractivity contribution in [1.29, 1.82) is 0 Å². The van der Waals surface area contributed by atoms with Gasteiger partial charge >= 0.3 is 0 Å². The molecule has 0 saturated heterocycles. The number of fused-ring (bicyclic) bond motifs is 7. The zero-order valence-electron chi connectivity index (χ0n) is 17.3. The third-order valence-corrected chi connectivity index (χ3v) is 8.35. The Labute approximate surface area is 171 Å². The van der Waals surface area contributed by atoms with Crippen LogP contribution in [-0.2, 0) is 19.3 Å². The molecule has 5 rings (SSSR count). The van der Waals surface area contributed by atoms with Gasteiger partial charge in [-0.25, -0.2) is 0 Å². The quantitative estimate of drug-likeness (QED) is 0.386. The Hall–Kier alpha value is -1.55. The van der Waals surface area contributed by atoms with Gasteiger partial charge in [-0.3, -0.25) is 0 Å². The predicted molar refractivity (Wildman–Crippen MR) is 120 cm³/mol. The summed E-state index contributed by atoms with van der Waals surface area (Å²) in [6.45, 7) is 7.07. The summed E-state index contributed by atoms with van der Waals surface area (Å²) in [6, 6.07) is 9.69. The van der Waals surface area contributed by atoms with Gasteiger partial charge in [0.15, 0.2) is 0 Å². The van der Waals surface area contributed by atoms with E-state index in [2.05, 4.69) is 45.0 Å². The highest BCUT2D eigenvalue weighted by Crippen LogP contribution is 2.51. The molecule has 3 aliphatic carbocycles. The number of rotatable bonds is 4. The van der Waals surface area contributed by atoms with Gasteiger partial charge in [-0.15, -0.1) is 4.44 Å². The van der Waals surface area contributed by atoms with Gasteiger partial charge in [0, 0.05) is 0 Å². The van der Waals surface area contributed by atoms with Gasteiger partial charge in [-0.05, 0) is 96.0 Å². The van der Waals surface area contributed by atoms with Gasteiger partial charge in [0.05, 0.1) is 0 Å². The molecule has 3 aliphatic rings. The molecule has 0 heterocycles. The van der Waals surface area contributed by atoms with Crippen LogP contribution >= 0.6 is 0 Å². The molecule has 0 unspecified atom stereocenters. The second-order valence-electron chi connectivity index (χ2n) is 8.89. The lowest BCUT2D eigenvalue weighted by Gasteiger charge is -2.15. The van der Waals surface area contributed by atoms with Crippen LogP contribution in [0.4, 0.5) is 0 Å². The maximum atomic E-state index is 2.43. The van der Waals surface area contributed by atoms with E-state index in [1.807, 2.05) is 0 Å². The molecule has 0 saturated carbocycles. The fourth-order valence-electron chi connectivity index (χ4n) is 5.64. The van der Waals surface area contributed by atoms with Crippen LogP contribution in [0.2, 0.25) is 0 Å². The van der Waals surface area contributed by atoms with E-state index in [1.54, 1.807) is 65.7 Å². The summed E-state index contributed by atoms with van der Waals surface area (Å²) in [7, 11) is 0. The topological polar surface area (TPSA) is 0 Å². The molecular weight excluding hydrogens is 339 g/mol. The zero-order chi connectivity index (χ0) is 18.7. The SMILES string of the molecule is CCCCCC1=C(C)c2c(ccc3c2-c2c(ccc4c2C(C)=[C]([AlH2])C4)C3)C1. The van der Waals surface area contributed by atoms with Crippen molar-refractivity contribution in [3.05, 3.63) is 67.7 Å². The maximum absolute atomic E-state index is 2.43. The molecule has 0 bridgehead atoms. The normalized spacial score (nSPS) is 16.7. The lowest BCUT2D eigenvalue weighted by molar-refractivity contribution is 0.708. The molecular formula is C26H29Al. The molecule has 2 aromatic rings. The van der Waals surface area contributed by atoms with Gasteiger partial charge in [0.1, 0.15) is 0 Å². The molecule has 0 aliphatic heterocycles. The molecule has 0 atom stereocenters. The van der Waals surface area contributed by atoms with E-state index in [0.29, 0.717) is 0 Å². The van der Waals surface area contributed by atoms with Crippen LogP contribution in [0.1, 0.15) is 79.8 Å². The number of unbranched alkanes of at least 4 members (excludes halogenated alkanes) is 2. The number of benzene rings is 2. The summed E-state index contributed by atoms with van der Waals surface area (Å²) in [6.07, 6.45) is 8.79. The van der Waals surface area contributed by atoms with Gasteiger partial charge in [0.25, 0.3) is 16.3 Å². The maximum Gasteiger partial charge on any atom is 0.253 e. The van der Waals surface area contributed by atoms with Crippen molar-refractivity contribution >= 4 is 27.4 Å². The molecule has 136 valence electrons. The highest BCUT2D eigenvalue weighted by Gasteiger charge is 2.32. The monoisotopic (exact) mass is 368 g/mol. The van der Waals surface area contributed by atoms with E-state index in [4.69, 9.17) is 0 Å². The molecule has 2 aromatic carbocycles. The van der Waals surface area contributed by atoms with E-state index in [1.165, 1.54) is 54.8 Å². The van der Waals surface area contributed by atoms with E-state index < -0.39 is 0 Å². The molecule has 1 heteroatoms. The van der Waals surface area contributed by atoms with Crippen molar-refractivity contribution in [1.82, 2.24) is 0 Å². The second-order valence-corrected chi connectivity index (χ2v) is 10.1. The highest BCUT2D eigenvalue weighted by atomic mass is 27.0. The summed E-state index contributed by atoms with van der Waals surface area (Å²) in [5.41, 5.74) is 17.5. The summed E-state index contributed by atoms with van der Waals surface area (Å²) in [5, 5.41) is 0. The first-order valence-corrected chi connectivity index (χ1v) is 11.8. The van der Waals surface area contributed by atoms with E-state index in [0.717, 1.165) is 6.42 Å². The Balaban J connectivity index is 1.69. The van der Waals surface area contributed by atoms with E-state index in [-0.39, 0.29) is 0 Å². The van der Waals surface area contributed by atoms with Gasteiger partial charge in [-0.1, -0.05) is 55.2 Å². The van der Waals surface area contributed by atoms with Crippen molar-refractivity contribution in [2.24, 2.45) is 0 Å². The predicted octanol–water partition coefficient (Wildman–Crippen LogP) is 6.09. The molecule has 0 aromatic heterocycles. The highest BCUT2D eigenvalue weighted by molar-refractivity contribution is 6.27. The van der Waals surface area contributed by atoms with Crippen molar-refractivity contribution in [2.45, 2.75) is 65.7 Å². The summed E-state index contributed by atoms with van der Waals surface area (Å²) in [4.78, 5) is 0. The van der Waals surface area contributed by atoms with Crippen molar-refractivity contribution in [3.8, 4) is 11.1 Å². The largest absolute Gasteiger partial charge is 0.253 e. The molecule has 0 amide bonds. The first kappa shape index (κ1) is 17.5. The van der Waals surface area contributed by atoms with Crippen molar-refractivity contribution in [3.63, 3.8) is 0 Å². The standard InChI is InChI=1S/C26H27.Al.2H/c1-4-5-6-7-19-14-20-12-13-22-15-21-11-10-18-9-8-16(2)23(18)25(21)26(22)24(20)17(19)3;;;/h10-13H,4-7,9,14-15H2,1-3H3;;;. The number of hydrogen-bond donors (Lipinski definition) is 0. The smallest absolute Gasteiger partial charge is 0.133 e.